The first-order chi connectivity index (χ1) is 7.58. The summed E-state index contributed by atoms with van der Waals surface area (Å²) in [5.74, 6) is 1.84. The Morgan fingerprint density at radius 1 is 1.38 bits per heavy atom. The van der Waals surface area contributed by atoms with Crippen LogP contribution in [0.5, 0.6) is 0 Å². The Balaban J connectivity index is 3.02. The molecule has 0 aliphatic heterocycles. The fraction of sp³-hybridized carbons (Fsp3) is 0.500. The van der Waals surface area contributed by atoms with Crippen molar-refractivity contribution in [2.45, 2.75) is 39.0 Å². The van der Waals surface area contributed by atoms with E-state index in [-0.39, 0.29) is 0 Å². The van der Waals surface area contributed by atoms with Crippen LogP contribution in [-0.2, 0) is 6.42 Å². The van der Waals surface area contributed by atoms with Crippen LogP contribution in [0.2, 0.25) is 0 Å². The lowest BCUT2D eigenvalue weighted by atomic mass is 10.1. The van der Waals surface area contributed by atoms with E-state index in [0.717, 1.165) is 17.9 Å². The van der Waals surface area contributed by atoms with Gasteiger partial charge in [-0.25, -0.2) is 0 Å². The molecule has 0 amide bonds. The molecular weight excluding hydrogens is 214 g/mol. The molecule has 2 heteroatoms. The molecule has 0 unspecified atom stereocenters. The molecule has 1 nitrogen and oxygen atoms in total. The average molecular weight is 235 g/mol. The summed E-state index contributed by atoms with van der Waals surface area (Å²) in [7, 11) is 0. The van der Waals surface area contributed by atoms with Gasteiger partial charge in [-0.05, 0) is 43.2 Å². The minimum Gasteiger partial charge on any atom is -0.263 e. The summed E-state index contributed by atoms with van der Waals surface area (Å²) in [6.07, 6.45) is 1.08. The molecule has 0 aliphatic rings. The first-order valence-corrected chi connectivity index (χ1v) is 6.80. The number of aliphatic imine (C=N–C) groups is 1. The van der Waals surface area contributed by atoms with Crippen molar-refractivity contribution in [1.82, 2.24) is 0 Å². The molecule has 0 aliphatic carbocycles. The quantitative estimate of drug-likeness (QED) is 0.535. The SMILES string of the molecule is C=Nc1c(C)cc(CC)cc1SCC(C)C. The highest BCUT2D eigenvalue weighted by Gasteiger charge is 2.07. The summed E-state index contributed by atoms with van der Waals surface area (Å²) in [4.78, 5) is 5.43. The van der Waals surface area contributed by atoms with E-state index < -0.39 is 0 Å². The summed E-state index contributed by atoms with van der Waals surface area (Å²) >= 11 is 1.89. The van der Waals surface area contributed by atoms with Crippen molar-refractivity contribution in [3.8, 4) is 0 Å². The molecule has 0 aromatic heterocycles. The molecular formula is C14H21NS. The Hall–Kier alpha value is -0.760. The normalized spacial score (nSPS) is 10.8. The van der Waals surface area contributed by atoms with Crippen molar-refractivity contribution < 1.29 is 0 Å². The maximum absolute atomic E-state index is 4.15. The number of aryl methyl sites for hydroxylation is 2. The molecule has 0 saturated heterocycles. The number of nitrogens with zero attached hydrogens (tertiary/aromatic N) is 1. The molecule has 0 atom stereocenters. The number of hydrogen-bond donors (Lipinski definition) is 0. The van der Waals surface area contributed by atoms with E-state index in [1.807, 2.05) is 11.8 Å². The highest BCUT2D eigenvalue weighted by Crippen LogP contribution is 2.34. The van der Waals surface area contributed by atoms with Gasteiger partial charge in [0.2, 0.25) is 0 Å². The van der Waals surface area contributed by atoms with Gasteiger partial charge < -0.3 is 0 Å². The molecule has 0 N–H and O–H groups in total. The lowest BCUT2D eigenvalue weighted by Crippen LogP contribution is -1.92. The summed E-state index contributed by atoms with van der Waals surface area (Å²) in [5, 5.41) is 0. The van der Waals surface area contributed by atoms with E-state index in [4.69, 9.17) is 0 Å². The van der Waals surface area contributed by atoms with Crippen LogP contribution in [0.4, 0.5) is 5.69 Å². The van der Waals surface area contributed by atoms with Gasteiger partial charge in [-0.15, -0.1) is 11.8 Å². The predicted octanol–water partition coefficient (Wildman–Crippen LogP) is 4.64. The van der Waals surface area contributed by atoms with Gasteiger partial charge in [-0.2, -0.15) is 0 Å². The smallest absolute Gasteiger partial charge is 0.0787 e. The molecule has 0 spiro atoms. The zero-order valence-electron chi connectivity index (χ0n) is 10.7. The second kappa shape index (κ2) is 6.09. The van der Waals surface area contributed by atoms with E-state index in [0.29, 0.717) is 5.92 Å². The molecule has 0 heterocycles. The van der Waals surface area contributed by atoms with Gasteiger partial charge in [0, 0.05) is 10.6 Å². The van der Waals surface area contributed by atoms with Crippen LogP contribution in [0.15, 0.2) is 22.0 Å². The maximum Gasteiger partial charge on any atom is 0.0787 e. The monoisotopic (exact) mass is 235 g/mol. The van der Waals surface area contributed by atoms with Gasteiger partial charge in [0.25, 0.3) is 0 Å². The van der Waals surface area contributed by atoms with Crippen LogP contribution >= 0.6 is 11.8 Å². The number of rotatable bonds is 5. The Kier molecular flexibility index (Phi) is 5.07. The van der Waals surface area contributed by atoms with Gasteiger partial charge in [0.1, 0.15) is 0 Å². The second-order valence-corrected chi connectivity index (χ2v) is 5.54. The van der Waals surface area contributed by atoms with Crippen LogP contribution in [0.25, 0.3) is 0 Å². The molecule has 88 valence electrons. The number of thioether (sulfide) groups is 1. The molecule has 0 saturated carbocycles. The zero-order valence-corrected chi connectivity index (χ0v) is 11.5. The third kappa shape index (κ3) is 3.38. The van der Waals surface area contributed by atoms with Gasteiger partial charge in [-0.3, -0.25) is 4.99 Å². The minimum atomic E-state index is 0.702. The van der Waals surface area contributed by atoms with Crippen molar-refractivity contribution in [1.29, 1.82) is 0 Å². The lowest BCUT2D eigenvalue weighted by molar-refractivity contribution is 0.750. The summed E-state index contributed by atoms with van der Waals surface area (Å²) in [5.41, 5.74) is 3.68. The van der Waals surface area contributed by atoms with Crippen molar-refractivity contribution in [3.63, 3.8) is 0 Å². The average Bonchev–Trinajstić information content (AvgIpc) is 2.25. The second-order valence-electron chi connectivity index (χ2n) is 4.48. The fourth-order valence-corrected chi connectivity index (χ4v) is 2.70. The van der Waals surface area contributed by atoms with Crippen molar-refractivity contribution in [3.05, 3.63) is 23.3 Å². The zero-order chi connectivity index (χ0) is 12.1. The first-order valence-electron chi connectivity index (χ1n) is 5.81. The van der Waals surface area contributed by atoms with E-state index in [2.05, 4.69) is 51.5 Å². The van der Waals surface area contributed by atoms with E-state index in [1.54, 1.807) is 0 Å². The third-order valence-corrected chi connectivity index (χ3v) is 3.92. The predicted molar refractivity (Wildman–Crippen MR) is 75.3 cm³/mol. The highest BCUT2D eigenvalue weighted by atomic mass is 32.2. The number of hydrogen-bond acceptors (Lipinski definition) is 2. The molecule has 1 aromatic carbocycles. The van der Waals surface area contributed by atoms with Gasteiger partial charge in [0.05, 0.1) is 5.69 Å². The lowest BCUT2D eigenvalue weighted by Gasteiger charge is -2.11. The van der Waals surface area contributed by atoms with Gasteiger partial charge >= 0.3 is 0 Å². The number of benzene rings is 1. The minimum absolute atomic E-state index is 0.702. The van der Waals surface area contributed by atoms with E-state index in [9.17, 15) is 0 Å². The Bertz CT molecular complexity index is 369. The van der Waals surface area contributed by atoms with Crippen LogP contribution in [0, 0.1) is 12.8 Å². The first kappa shape index (κ1) is 13.3. The van der Waals surface area contributed by atoms with Crippen LogP contribution in [0.1, 0.15) is 31.9 Å². The Morgan fingerprint density at radius 2 is 2.06 bits per heavy atom. The van der Waals surface area contributed by atoms with Crippen LogP contribution in [-0.4, -0.2) is 12.5 Å². The van der Waals surface area contributed by atoms with Crippen LogP contribution in [0.3, 0.4) is 0 Å². The topological polar surface area (TPSA) is 12.4 Å². The Morgan fingerprint density at radius 3 is 2.56 bits per heavy atom. The summed E-state index contributed by atoms with van der Waals surface area (Å²) in [6, 6.07) is 4.47. The summed E-state index contributed by atoms with van der Waals surface area (Å²) < 4.78 is 0. The standard InChI is InChI=1S/C14H21NS/c1-6-12-7-11(4)14(15-5)13(8-12)16-9-10(2)3/h7-8,10H,5-6,9H2,1-4H3. The molecule has 1 aromatic rings. The fourth-order valence-electron chi connectivity index (χ4n) is 1.59. The third-order valence-electron chi connectivity index (χ3n) is 2.46. The molecule has 0 bridgehead atoms. The molecule has 16 heavy (non-hydrogen) atoms. The maximum atomic E-state index is 4.15. The van der Waals surface area contributed by atoms with Crippen molar-refractivity contribution in [2.24, 2.45) is 10.9 Å². The largest absolute Gasteiger partial charge is 0.263 e. The molecule has 0 fully saturated rings. The highest BCUT2D eigenvalue weighted by molar-refractivity contribution is 7.99. The van der Waals surface area contributed by atoms with Gasteiger partial charge in [-0.1, -0.05) is 26.8 Å². The molecule has 0 radical (unpaired) electrons. The van der Waals surface area contributed by atoms with Crippen LogP contribution < -0.4 is 0 Å². The van der Waals surface area contributed by atoms with Crippen molar-refractivity contribution >= 4 is 24.2 Å². The van der Waals surface area contributed by atoms with E-state index in [1.165, 1.54) is 16.0 Å². The van der Waals surface area contributed by atoms with Crippen molar-refractivity contribution in [2.75, 3.05) is 5.75 Å². The van der Waals surface area contributed by atoms with E-state index >= 15 is 0 Å². The Labute approximate surface area is 103 Å². The molecule has 1 rings (SSSR count). The van der Waals surface area contributed by atoms with Gasteiger partial charge in [0.15, 0.2) is 0 Å². The summed E-state index contributed by atoms with van der Waals surface area (Å²) in [6.45, 7) is 12.5.